The summed E-state index contributed by atoms with van der Waals surface area (Å²) in [6, 6.07) is 10.5. The van der Waals surface area contributed by atoms with E-state index in [-0.39, 0.29) is 23.6 Å². The number of ether oxygens (including phenoxy) is 1. The first-order chi connectivity index (χ1) is 14.1. The topological polar surface area (TPSA) is 90.3 Å². The quantitative estimate of drug-likeness (QED) is 0.489. The van der Waals surface area contributed by atoms with Gasteiger partial charge >= 0.3 is 5.97 Å². The first-order valence-electron chi connectivity index (χ1n) is 8.70. The van der Waals surface area contributed by atoms with Crippen LogP contribution in [-0.4, -0.2) is 28.3 Å². The van der Waals surface area contributed by atoms with Gasteiger partial charge in [0.05, 0.1) is 23.2 Å². The van der Waals surface area contributed by atoms with Crippen molar-refractivity contribution in [3.8, 4) is 5.69 Å². The highest BCUT2D eigenvalue weighted by atomic mass is 32.1. The minimum Gasteiger partial charge on any atom is -0.461 e. The van der Waals surface area contributed by atoms with Crippen molar-refractivity contribution in [1.29, 1.82) is 0 Å². The standard InChI is InChI=1S/C20H15N3O4S2/c1-2-27-20(26)16-14-11-29-18(21-17(24)12-8-9-28-10-12)15(14)19(25)23(22-16)13-6-4-3-5-7-13/h3-11H,2H2,1H3,(H,21,24). The Morgan fingerprint density at radius 2 is 1.97 bits per heavy atom. The molecular weight excluding hydrogens is 410 g/mol. The van der Waals surface area contributed by atoms with Gasteiger partial charge < -0.3 is 10.1 Å². The molecule has 0 aliphatic heterocycles. The van der Waals surface area contributed by atoms with E-state index in [0.717, 1.165) is 4.68 Å². The van der Waals surface area contributed by atoms with Crippen molar-refractivity contribution in [3.63, 3.8) is 0 Å². The highest BCUT2D eigenvalue weighted by molar-refractivity contribution is 7.16. The summed E-state index contributed by atoms with van der Waals surface area (Å²) in [5.41, 5.74) is 0.601. The minimum absolute atomic E-state index is 0.0255. The first kappa shape index (κ1) is 19.0. The van der Waals surface area contributed by atoms with E-state index in [1.165, 1.54) is 22.7 Å². The Hall–Kier alpha value is -3.30. The maximum absolute atomic E-state index is 13.2. The molecule has 0 atom stereocenters. The third kappa shape index (κ3) is 3.57. The highest BCUT2D eigenvalue weighted by Gasteiger charge is 2.23. The summed E-state index contributed by atoms with van der Waals surface area (Å²) < 4.78 is 6.27. The van der Waals surface area contributed by atoms with Gasteiger partial charge in [0, 0.05) is 16.1 Å². The van der Waals surface area contributed by atoms with E-state index in [2.05, 4.69) is 10.4 Å². The van der Waals surface area contributed by atoms with Gasteiger partial charge in [0.2, 0.25) is 0 Å². The second-order valence-electron chi connectivity index (χ2n) is 5.94. The van der Waals surface area contributed by atoms with Crippen molar-refractivity contribution < 1.29 is 14.3 Å². The van der Waals surface area contributed by atoms with Crippen LogP contribution < -0.4 is 10.9 Å². The summed E-state index contributed by atoms with van der Waals surface area (Å²) in [6.45, 7) is 1.88. The Kier molecular flexibility index (Phi) is 5.24. The molecule has 0 spiro atoms. The molecular formula is C20H15N3O4S2. The maximum Gasteiger partial charge on any atom is 0.359 e. The lowest BCUT2D eigenvalue weighted by molar-refractivity contribution is 0.0520. The number of nitrogens with zero attached hydrogens (tertiary/aromatic N) is 2. The molecule has 3 heterocycles. The van der Waals surface area contributed by atoms with Gasteiger partial charge in [-0.05, 0) is 30.5 Å². The second kappa shape index (κ2) is 7.98. The Morgan fingerprint density at radius 3 is 2.66 bits per heavy atom. The van der Waals surface area contributed by atoms with E-state index in [4.69, 9.17) is 4.74 Å². The molecule has 29 heavy (non-hydrogen) atoms. The third-order valence-electron chi connectivity index (χ3n) is 4.13. The lowest BCUT2D eigenvalue weighted by Gasteiger charge is -2.09. The molecule has 0 fully saturated rings. The van der Waals surface area contributed by atoms with E-state index in [1.807, 2.05) is 6.07 Å². The molecule has 0 bridgehead atoms. The molecule has 3 aromatic heterocycles. The number of rotatable bonds is 5. The van der Waals surface area contributed by atoms with Gasteiger partial charge in [-0.1, -0.05) is 18.2 Å². The number of thiophene rings is 2. The van der Waals surface area contributed by atoms with E-state index < -0.39 is 11.5 Å². The first-order valence-corrected chi connectivity index (χ1v) is 10.5. The van der Waals surface area contributed by atoms with Gasteiger partial charge in [-0.3, -0.25) is 9.59 Å². The summed E-state index contributed by atoms with van der Waals surface area (Å²) in [7, 11) is 0. The van der Waals surface area contributed by atoms with Crippen molar-refractivity contribution in [1.82, 2.24) is 9.78 Å². The predicted octanol–water partition coefficient (Wildman–Crippen LogP) is 3.94. The van der Waals surface area contributed by atoms with Crippen molar-refractivity contribution in [3.05, 3.63) is 74.1 Å². The summed E-state index contributed by atoms with van der Waals surface area (Å²) in [5.74, 6) is -0.953. The monoisotopic (exact) mass is 425 g/mol. The Labute approximate surface area is 173 Å². The Balaban J connectivity index is 1.91. The number of carbonyl (C=O) groups is 2. The predicted molar refractivity (Wildman–Crippen MR) is 113 cm³/mol. The van der Waals surface area contributed by atoms with Crippen molar-refractivity contribution >= 4 is 50.3 Å². The smallest absolute Gasteiger partial charge is 0.359 e. The fraction of sp³-hybridized carbons (Fsp3) is 0.100. The van der Waals surface area contributed by atoms with Crippen LogP contribution in [0.3, 0.4) is 0 Å². The van der Waals surface area contributed by atoms with Crippen molar-refractivity contribution in [2.75, 3.05) is 11.9 Å². The van der Waals surface area contributed by atoms with Crippen molar-refractivity contribution in [2.45, 2.75) is 6.92 Å². The number of fused-ring (bicyclic) bond motifs is 1. The molecule has 1 aromatic carbocycles. The van der Waals surface area contributed by atoms with Crippen LogP contribution in [0.1, 0.15) is 27.8 Å². The molecule has 9 heteroatoms. The molecule has 0 aliphatic rings. The molecule has 0 aliphatic carbocycles. The SMILES string of the molecule is CCOC(=O)c1nn(-c2ccccc2)c(=O)c2c(NC(=O)c3ccsc3)scc12. The van der Waals surface area contributed by atoms with Crippen LogP contribution in [0, 0.1) is 0 Å². The average Bonchev–Trinajstić information content (AvgIpc) is 3.40. The largest absolute Gasteiger partial charge is 0.461 e. The molecule has 4 rings (SSSR count). The number of anilines is 1. The van der Waals surface area contributed by atoms with Crippen LogP contribution in [0.15, 0.2) is 57.3 Å². The van der Waals surface area contributed by atoms with E-state index in [9.17, 15) is 14.4 Å². The normalized spacial score (nSPS) is 10.8. The van der Waals surface area contributed by atoms with Crippen LogP contribution in [0.25, 0.3) is 16.5 Å². The minimum atomic E-state index is -0.629. The van der Waals surface area contributed by atoms with Gasteiger partial charge in [0.25, 0.3) is 11.5 Å². The number of hydrogen-bond donors (Lipinski definition) is 1. The van der Waals surface area contributed by atoms with Crippen LogP contribution >= 0.6 is 22.7 Å². The molecule has 0 radical (unpaired) electrons. The molecule has 0 unspecified atom stereocenters. The number of aromatic nitrogens is 2. The van der Waals surface area contributed by atoms with Crippen LogP contribution in [0.5, 0.6) is 0 Å². The zero-order valence-corrected chi connectivity index (χ0v) is 16.9. The van der Waals surface area contributed by atoms with Crippen molar-refractivity contribution in [2.24, 2.45) is 0 Å². The lowest BCUT2D eigenvalue weighted by Crippen LogP contribution is -2.25. The molecule has 4 aromatic rings. The van der Waals surface area contributed by atoms with E-state index in [1.54, 1.807) is 53.4 Å². The van der Waals surface area contributed by atoms with Crippen LogP contribution in [-0.2, 0) is 4.74 Å². The number of nitrogens with one attached hydrogen (secondary N) is 1. The third-order valence-corrected chi connectivity index (χ3v) is 5.71. The number of carbonyl (C=O) groups excluding carboxylic acids is 2. The van der Waals surface area contributed by atoms with E-state index in [0.29, 0.717) is 21.6 Å². The fourth-order valence-electron chi connectivity index (χ4n) is 2.81. The summed E-state index contributed by atoms with van der Waals surface area (Å²) in [6.07, 6.45) is 0. The number of para-hydroxylation sites is 1. The Bertz CT molecular complexity index is 1240. The average molecular weight is 425 g/mol. The van der Waals surface area contributed by atoms with Crippen LogP contribution in [0.2, 0.25) is 0 Å². The number of hydrogen-bond acceptors (Lipinski definition) is 7. The van der Waals surface area contributed by atoms with E-state index >= 15 is 0 Å². The zero-order chi connectivity index (χ0) is 20.4. The second-order valence-corrected chi connectivity index (χ2v) is 7.60. The van der Waals surface area contributed by atoms with Gasteiger partial charge in [0.1, 0.15) is 5.00 Å². The molecule has 1 amide bonds. The molecule has 7 nitrogen and oxygen atoms in total. The fourth-order valence-corrected chi connectivity index (χ4v) is 4.37. The number of benzene rings is 1. The highest BCUT2D eigenvalue weighted by Crippen LogP contribution is 2.31. The molecule has 0 saturated heterocycles. The summed E-state index contributed by atoms with van der Waals surface area (Å²) in [5, 5.41) is 13.1. The molecule has 146 valence electrons. The molecule has 1 N–H and O–H groups in total. The zero-order valence-electron chi connectivity index (χ0n) is 15.2. The van der Waals surface area contributed by atoms with Gasteiger partial charge in [0.15, 0.2) is 5.69 Å². The number of esters is 1. The molecule has 0 saturated carbocycles. The van der Waals surface area contributed by atoms with Gasteiger partial charge in [-0.25, -0.2) is 4.79 Å². The van der Waals surface area contributed by atoms with Gasteiger partial charge in [-0.15, -0.1) is 11.3 Å². The maximum atomic E-state index is 13.2. The van der Waals surface area contributed by atoms with Gasteiger partial charge in [-0.2, -0.15) is 21.1 Å². The number of amides is 1. The Morgan fingerprint density at radius 1 is 1.17 bits per heavy atom. The summed E-state index contributed by atoms with van der Waals surface area (Å²) in [4.78, 5) is 38.2. The summed E-state index contributed by atoms with van der Waals surface area (Å²) >= 11 is 2.57. The lowest BCUT2D eigenvalue weighted by atomic mass is 10.2. The van der Waals surface area contributed by atoms with Crippen LogP contribution in [0.4, 0.5) is 5.00 Å².